The predicted molar refractivity (Wildman–Crippen MR) is 65.0 cm³/mol. The first kappa shape index (κ1) is 15.2. The van der Waals surface area contributed by atoms with Crippen LogP contribution >= 0.6 is 0 Å². The van der Waals surface area contributed by atoms with Gasteiger partial charge < -0.3 is 4.74 Å². The number of para-hydroxylation sites is 1. The van der Waals surface area contributed by atoms with Gasteiger partial charge in [-0.1, -0.05) is 38.1 Å². The number of rotatable bonds is 1. The van der Waals surface area contributed by atoms with Gasteiger partial charge in [0.25, 0.3) is 0 Å². The smallest absolute Gasteiger partial charge is 0.121 e. The Labute approximate surface area is 88.4 Å². The first-order chi connectivity index (χ1) is 6.76. The molecule has 0 aliphatic carbocycles. The molecule has 1 rings (SSSR count). The Hall–Kier alpha value is -1.24. The van der Waals surface area contributed by atoms with Crippen molar-refractivity contribution in [3.8, 4) is 5.75 Å². The summed E-state index contributed by atoms with van der Waals surface area (Å²) in [6, 6.07) is 7.94. The van der Waals surface area contributed by atoms with E-state index in [4.69, 9.17) is 4.74 Å². The van der Waals surface area contributed by atoms with Gasteiger partial charge in [-0.25, -0.2) is 0 Å². The number of methoxy groups -OCH3 is 1. The Balaban J connectivity index is 0. The largest absolute Gasteiger partial charge is 0.496 e. The summed E-state index contributed by atoms with van der Waals surface area (Å²) in [4.78, 5) is 0. The molecule has 0 N–H and O–H groups in total. The van der Waals surface area contributed by atoms with E-state index in [1.165, 1.54) is 5.56 Å². The van der Waals surface area contributed by atoms with Gasteiger partial charge in [0.05, 0.1) is 7.11 Å². The molecule has 0 spiro atoms. The zero-order chi connectivity index (χ0) is 11.4. The van der Waals surface area contributed by atoms with Crippen molar-refractivity contribution >= 4 is 0 Å². The van der Waals surface area contributed by atoms with Gasteiger partial charge in [-0.15, -0.1) is 6.58 Å². The minimum atomic E-state index is 0.956. The van der Waals surface area contributed by atoms with E-state index >= 15 is 0 Å². The Morgan fingerprint density at radius 3 is 1.93 bits per heavy atom. The predicted octanol–water partition coefficient (Wildman–Crippen LogP) is 4.22. The highest BCUT2D eigenvalue weighted by atomic mass is 16.5. The van der Waals surface area contributed by atoms with Crippen LogP contribution < -0.4 is 4.74 Å². The van der Waals surface area contributed by atoms with Crippen LogP contribution in [0.5, 0.6) is 5.75 Å². The van der Waals surface area contributed by atoms with Crippen molar-refractivity contribution in [2.24, 2.45) is 0 Å². The third-order valence-corrected chi connectivity index (χ3v) is 1.31. The molecule has 0 bridgehead atoms. The molecule has 0 saturated carbocycles. The van der Waals surface area contributed by atoms with Crippen LogP contribution in [0.3, 0.4) is 0 Å². The van der Waals surface area contributed by atoms with Crippen molar-refractivity contribution in [3.63, 3.8) is 0 Å². The fraction of sp³-hybridized carbons (Fsp3) is 0.385. The van der Waals surface area contributed by atoms with Crippen molar-refractivity contribution in [2.45, 2.75) is 27.7 Å². The van der Waals surface area contributed by atoms with Gasteiger partial charge in [-0.05, 0) is 25.5 Å². The van der Waals surface area contributed by atoms with Crippen LogP contribution in [-0.4, -0.2) is 7.11 Å². The average Bonchev–Trinajstić information content (AvgIpc) is 2.23. The van der Waals surface area contributed by atoms with Crippen molar-refractivity contribution < 1.29 is 4.74 Å². The maximum atomic E-state index is 5.04. The lowest BCUT2D eigenvalue weighted by Crippen LogP contribution is -1.84. The van der Waals surface area contributed by atoms with E-state index in [0.717, 1.165) is 5.75 Å². The molecule has 0 heterocycles. The van der Waals surface area contributed by atoms with Crippen LogP contribution in [0.1, 0.15) is 26.3 Å². The van der Waals surface area contributed by atoms with Gasteiger partial charge in [0.1, 0.15) is 5.75 Å². The number of hydrogen-bond donors (Lipinski definition) is 0. The molecule has 1 aromatic carbocycles. The Kier molecular flexibility index (Phi) is 12.8. The van der Waals surface area contributed by atoms with Gasteiger partial charge in [0.15, 0.2) is 0 Å². The summed E-state index contributed by atoms with van der Waals surface area (Å²) in [5, 5.41) is 0. The maximum Gasteiger partial charge on any atom is 0.121 e. The van der Waals surface area contributed by atoms with Crippen LogP contribution in [0.2, 0.25) is 0 Å². The summed E-state index contributed by atoms with van der Waals surface area (Å²) in [5.41, 5.74) is 1.18. The molecule has 1 aromatic rings. The van der Waals surface area contributed by atoms with Crippen LogP contribution in [0.15, 0.2) is 36.9 Å². The molecule has 0 fully saturated rings. The number of benzene rings is 1. The number of ether oxygens (including phenoxy) is 1. The quantitative estimate of drug-likeness (QED) is 0.608. The van der Waals surface area contributed by atoms with E-state index in [1.807, 2.05) is 52.0 Å². The van der Waals surface area contributed by atoms with Gasteiger partial charge in [-0.2, -0.15) is 0 Å². The molecule has 0 radical (unpaired) electrons. The second-order valence-corrected chi connectivity index (χ2v) is 2.38. The van der Waals surface area contributed by atoms with E-state index in [9.17, 15) is 0 Å². The molecule has 0 aliphatic rings. The Morgan fingerprint density at radius 2 is 1.64 bits per heavy atom. The lowest BCUT2D eigenvalue weighted by Gasteiger charge is -2.00. The fourth-order valence-corrected chi connectivity index (χ4v) is 0.785. The van der Waals surface area contributed by atoms with E-state index in [0.29, 0.717) is 0 Å². The molecule has 80 valence electrons. The number of hydrogen-bond acceptors (Lipinski definition) is 1. The lowest BCUT2D eigenvalue weighted by atomic mass is 10.2. The summed E-state index contributed by atoms with van der Waals surface area (Å²) in [6.45, 7) is 11.3. The summed E-state index contributed by atoms with van der Waals surface area (Å²) in [6.07, 6.45) is 1.75. The van der Waals surface area contributed by atoms with Gasteiger partial charge in [-0.3, -0.25) is 0 Å². The first-order valence-electron chi connectivity index (χ1n) is 4.93. The first-order valence-corrected chi connectivity index (χ1v) is 4.93. The normalized spacial score (nSPS) is 7.21. The van der Waals surface area contributed by atoms with Crippen molar-refractivity contribution in [3.05, 3.63) is 42.5 Å². The molecular weight excluding hydrogens is 172 g/mol. The van der Waals surface area contributed by atoms with Crippen LogP contribution in [0, 0.1) is 6.92 Å². The minimum Gasteiger partial charge on any atom is -0.496 e. The van der Waals surface area contributed by atoms with Gasteiger partial charge >= 0.3 is 0 Å². The Morgan fingerprint density at radius 1 is 1.21 bits per heavy atom. The summed E-state index contributed by atoms with van der Waals surface area (Å²) in [7, 11) is 1.68. The molecule has 0 unspecified atom stereocenters. The number of allylic oxidation sites excluding steroid dienone is 1. The fourth-order valence-electron chi connectivity index (χ4n) is 0.785. The van der Waals surface area contributed by atoms with Gasteiger partial charge in [0.2, 0.25) is 0 Å². The molecule has 0 aromatic heterocycles. The molecule has 0 aliphatic heterocycles. The van der Waals surface area contributed by atoms with Gasteiger partial charge in [0, 0.05) is 0 Å². The zero-order valence-electron chi connectivity index (χ0n) is 10.0. The average molecular weight is 194 g/mol. The highest BCUT2D eigenvalue weighted by molar-refractivity contribution is 5.31. The topological polar surface area (TPSA) is 9.23 Å². The third-order valence-electron chi connectivity index (χ3n) is 1.31. The van der Waals surface area contributed by atoms with Crippen molar-refractivity contribution in [1.29, 1.82) is 0 Å². The standard InChI is InChI=1S/C8H10O.C3H6.C2H6/c1-7-5-3-4-6-8(7)9-2;1-3-2;1-2/h3-6H,1-2H3;3H,1H2,2H3;1-2H3. The van der Waals surface area contributed by atoms with Crippen LogP contribution in [0.4, 0.5) is 0 Å². The Bertz CT molecular complexity index is 228. The van der Waals surface area contributed by atoms with E-state index in [2.05, 4.69) is 6.58 Å². The van der Waals surface area contributed by atoms with Crippen LogP contribution in [0.25, 0.3) is 0 Å². The minimum absolute atomic E-state index is 0.956. The van der Waals surface area contributed by atoms with E-state index in [-0.39, 0.29) is 0 Å². The zero-order valence-corrected chi connectivity index (χ0v) is 10.0. The van der Waals surface area contributed by atoms with Crippen LogP contribution in [-0.2, 0) is 0 Å². The highest BCUT2D eigenvalue weighted by Gasteiger charge is 1.90. The molecule has 1 heteroatoms. The summed E-state index contributed by atoms with van der Waals surface area (Å²) >= 11 is 0. The molecule has 0 atom stereocenters. The maximum absolute atomic E-state index is 5.04. The third kappa shape index (κ3) is 7.41. The van der Waals surface area contributed by atoms with E-state index < -0.39 is 0 Å². The SMILES string of the molecule is C=CC.CC.COc1ccccc1C. The molecule has 14 heavy (non-hydrogen) atoms. The second kappa shape index (κ2) is 11.8. The van der Waals surface area contributed by atoms with Crippen molar-refractivity contribution in [2.75, 3.05) is 7.11 Å². The number of aryl methyl sites for hydroxylation is 1. The van der Waals surface area contributed by atoms with E-state index in [1.54, 1.807) is 13.2 Å². The lowest BCUT2D eigenvalue weighted by molar-refractivity contribution is 0.411. The second-order valence-electron chi connectivity index (χ2n) is 2.38. The summed E-state index contributed by atoms with van der Waals surface area (Å²) < 4.78 is 5.04. The molecule has 0 saturated heterocycles. The highest BCUT2D eigenvalue weighted by Crippen LogP contribution is 2.14. The molecular formula is C13H22O. The monoisotopic (exact) mass is 194 g/mol. The molecule has 1 nitrogen and oxygen atoms in total. The molecule has 0 amide bonds. The van der Waals surface area contributed by atoms with Crippen molar-refractivity contribution in [1.82, 2.24) is 0 Å². The summed E-state index contributed by atoms with van der Waals surface area (Å²) in [5.74, 6) is 0.956.